The Bertz CT molecular complexity index is 1180. The van der Waals surface area contributed by atoms with E-state index < -0.39 is 0 Å². The van der Waals surface area contributed by atoms with E-state index in [-0.39, 0.29) is 30.1 Å². The van der Waals surface area contributed by atoms with Gasteiger partial charge in [0.2, 0.25) is 5.91 Å². The number of fused-ring (bicyclic) bond motifs is 1. The fourth-order valence-corrected chi connectivity index (χ4v) is 5.44. The van der Waals surface area contributed by atoms with E-state index in [4.69, 9.17) is 9.72 Å². The number of imidazole rings is 1. The minimum atomic E-state index is -0.356. The summed E-state index contributed by atoms with van der Waals surface area (Å²) in [6.45, 7) is 9.86. The minimum absolute atomic E-state index is 0.0252. The highest BCUT2D eigenvalue weighted by molar-refractivity contribution is 5.90. The highest BCUT2D eigenvalue weighted by atomic mass is 16.5. The number of aromatic nitrogens is 6. The fourth-order valence-electron chi connectivity index (χ4n) is 5.44. The summed E-state index contributed by atoms with van der Waals surface area (Å²) in [6.07, 6.45) is 9.51. The van der Waals surface area contributed by atoms with Gasteiger partial charge in [-0.3, -0.25) is 4.79 Å². The first-order chi connectivity index (χ1) is 16.9. The number of rotatable bonds is 6. The zero-order valence-electron chi connectivity index (χ0n) is 20.9. The van der Waals surface area contributed by atoms with Gasteiger partial charge in [0, 0.05) is 32.0 Å². The van der Waals surface area contributed by atoms with Gasteiger partial charge in [-0.2, -0.15) is 0 Å². The van der Waals surface area contributed by atoms with Crippen LogP contribution in [-0.4, -0.2) is 71.6 Å². The quantitative estimate of drug-likeness (QED) is 0.575. The van der Waals surface area contributed by atoms with Gasteiger partial charge in [0.1, 0.15) is 24.0 Å². The normalized spacial score (nSPS) is 22.0. The number of morpholine rings is 1. The maximum absolute atomic E-state index is 13.8. The van der Waals surface area contributed by atoms with Crippen molar-refractivity contribution in [1.82, 2.24) is 34.4 Å². The summed E-state index contributed by atoms with van der Waals surface area (Å²) in [6, 6.07) is -0.356. The Balaban J connectivity index is 1.51. The van der Waals surface area contributed by atoms with Crippen molar-refractivity contribution in [1.29, 1.82) is 0 Å². The van der Waals surface area contributed by atoms with Crippen LogP contribution >= 0.6 is 0 Å². The number of nitrogens with zero attached hydrogens (tertiary/aromatic N) is 7. The molecule has 1 saturated carbocycles. The lowest BCUT2D eigenvalue weighted by atomic mass is 9.96. The summed E-state index contributed by atoms with van der Waals surface area (Å²) in [5.41, 5.74) is 2.21. The van der Waals surface area contributed by atoms with Crippen molar-refractivity contribution in [3.05, 3.63) is 24.5 Å². The van der Waals surface area contributed by atoms with Gasteiger partial charge in [0.05, 0.1) is 17.8 Å². The predicted octanol–water partition coefficient (Wildman–Crippen LogP) is 3.22. The first-order valence-corrected chi connectivity index (χ1v) is 12.7. The number of hydrogen-bond acceptors (Lipinski definition) is 8. The number of nitrogens with one attached hydrogen (secondary N) is 1. The number of carbonyl (C=O) groups excluding carboxylic acids is 1. The third kappa shape index (κ3) is 4.71. The molecule has 1 amide bonds. The molecule has 5 rings (SSSR count). The Morgan fingerprint density at radius 1 is 1.11 bits per heavy atom. The van der Waals surface area contributed by atoms with Crippen LogP contribution in [0.5, 0.6) is 0 Å². The molecule has 3 aromatic heterocycles. The first-order valence-electron chi connectivity index (χ1n) is 12.7. The average Bonchev–Trinajstić information content (AvgIpc) is 3.50. The van der Waals surface area contributed by atoms with Crippen molar-refractivity contribution in [3.8, 4) is 11.4 Å². The first kappa shape index (κ1) is 23.6. The van der Waals surface area contributed by atoms with E-state index in [1.54, 1.807) is 18.7 Å². The van der Waals surface area contributed by atoms with Gasteiger partial charge in [0.15, 0.2) is 17.0 Å². The largest absolute Gasteiger partial charge is 0.372 e. The van der Waals surface area contributed by atoms with E-state index in [1.165, 1.54) is 0 Å². The molecule has 10 nitrogen and oxygen atoms in total. The summed E-state index contributed by atoms with van der Waals surface area (Å²) >= 11 is 0. The lowest BCUT2D eigenvalue weighted by Crippen LogP contribution is -2.54. The van der Waals surface area contributed by atoms with E-state index in [0.717, 1.165) is 42.7 Å². The smallest absolute Gasteiger partial charge is 0.245 e. The number of ether oxygens (including phenoxy) is 1. The van der Waals surface area contributed by atoms with Gasteiger partial charge in [-0.15, -0.1) is 0 Å². The van der Waals surface area contributed by atoms with Crippen LogP contribution in [0.3, 0.4) is 0 Å². The van der Waals surface area contributed by atoms with Gasteiger partial charge in [-0.05, 0) is 46.5 Å². The topological polar surface area (TPSA) is 111 Å². The summed E-state index contributed by atoms with van der Waals surface area (Å²) < 4.78 is 7.90. The van der Waals surface area contributed by atoms with Crippen LogP contribution in [0.1, 0.15) is 52.3 Å². The standard InChI is InChI=1S/C25H34N8O2/c1-5-33-23(19-10-26-17(4)27-11-19)31-21-22(28-14-29-24(21)33)30-20(18-8-6-7-9-18)25(34)32-12-15(2)35-16(3)13-32/h10-11,14-16,18,20H,5-9,12-13H2,1-4H3,(H,28,29,30)/t15?,16?,20-/m0/s1. The van der Waals surface area contributed by atoms with Crippen LogP contribution in [0.25, 0.3) is 22.6 Å². The molecule has 4 heterocycles. The molecule has 3 atom stereocenters. The van der Waals surface area contributed by atoms with Crippen LogP contribution in [0.2, 0.25) is 0 Å². The molecule has 2 unspecified atom stereocenters. The third-order valence-electron chi connectivity index (χ3n) is 7.05. The molecule has 0 aromatic carbocycles. The molecule has 0 bridgehead atoms. The molecular weight excluding hydrogens is 444 g/mol. The lowest BCUT2D eigenvalue weighted by molar-refractivity contribution is -0.145. The molecular formula is C25H34N8O2. The number of anilines is 1. The summed E-state index contributed by atoms with van der Waals surface area (Å²) in [4.78, 5) is 38.4. The van der Waals surface area contributed by atoms with Crippen LogP contribution in [-0.2, 0) is 16.1 Å². The molecule has 3 aromatic rings. The SMILES string of the molecule is CCn1c(-c2cnc(C)nc2)nc2c(N[C@H](C(=O)N3CC(C)OC(C)C3)C3CCCC3)ncnc21. The van der Waals surface area contributed by atoms with Gasteiger partial charge in [0.25, 0.3) is 0 Å². The predicted molar refractivity (Wildman–Crippen MR) is 133 cm³/mol. The lowest BCUT2D eigenvalue weighted by Gasteiger charge is -2.38. The van der Waals surface area contributed by atoms with Gasteiger partial charge >= 0.3 is 0 Å². The van der Waals surface area contributed by atoms with Crippen LogP contribution in [0.15, 0.2) is 18.7 Å². The Morgan fingerprint density at radius 3 is 2.46 bits per heavy atom. The molecule has 35 heavy (non-hydrogen) atoms. The van der Waals surface area contributed by atoms with Gasteiger partial charge in [-0.25, -0.2) is 24.9 Å². The second-order valence-corrected chi connectivity index (χ2v) is 9.76. The molecule has 2 fully saturated rings. The Hall–Kier alpha value is -3.14. The average molecular weight is 479 g/mol. The number of amides is 1. The monoisotopic (exact) mass is 478 g/mol. The van der Waals surface area contributed by atoms with Crippen molar-refractivity contribution >= 4 is 22.9 Å². The Morgan fingerprint density at radius 2 is 1.80 bits per heavy atom. The van der Waals surface area contributed by atoms with E-state index >= 15 is 0 Å². The van der Waals surface area contributed by atoms with Crippen molar-refractivity contribution in [2.24, 2.45) is 5.92 Å². The zero-order valence-corrected chi connectivity index (χ0v) is 20.9. The Kier molecular flexibility index (Phi) is 6.64. The summed E-state index contributed by atoms with van der Waals surface area (Å²) in [5.74, 6) is 2.42. The molecule has 1 aliphatic carbocycles. The maximum Gasteiger partial charge on any atom is 0.245 e. The highest BCUT2D eigenvalue weighted by Crippen LogP contribution is 2.33. The van der Waals surface area contributed by atoms with Crippen LogP contribution in [0, 0.1) is 12.8 Å². The molecule has 1 N–H and O–H groups in total. The van der Waals surface area contributed by atoms with Crippen LogP contribution in [0.4, 0.5) is 5.82 Å². The molecule has 1 aliphatic heterocycles. The molecule has 10 heteroatoms. The summed E-state index contributed by atoms with van der Waals surface area (Å²) in [7, 11) is 0. The van der Waals surface area contributed by atoms with Crippen molar-refractivity contribution in [2.75, 3.05) is 18.4 Å². The van der Waals surface area contributed by atoms with Gasteiger partial charge < -0.3 is 19.5 Å². The van der Waals surface area contributed by atoms with Crippen molar-refractivity contribution in [3.63, 3.8) is 0 Å². The molecule has 1 saturated heterocycles. The highest BCUT2D eigenvalue weighted by Gasteiger charge is 2.37. The van der Waals surface area contributed by atoms with E-state index in [9.17, 15) is 4.79 Å². The van der Waals surface area contributed by atoms with E-state index in [2.05, 4.69) is 32.2 Å². The molecule has 0 spiro atoms. The van der Waals surface area contributed by atoms with Crippen LogP contribution < -0.4 is 5.32 Å². The third-order valence-corrected chi connectivity index (χ3v) is 7.05. The molecule has 0 radical (unpaired) electrons. The molecule has 186 valence electrons. The number of carbonyl (C=O) groups is 1. The number of hydrogen-bond donors (Lipinski definition) is 1. The minimum Gasteiger partial charge on any atom is -0.372 e. The molecule has 2 aliphatic rings. The van der Waals surface area contributed by atoms with Crippen molar-refractivity contribution in [2.45, 2.75) is 78.2 Å². The van der Waals surface area contributed by atoms with E-state index in [0.29, 0.717) is 36.8 Å². The summed E-state index contributed by atoms with van der Waals surface area (Å²) in [5, 5.41) is 3.53. The zero-order chi connectivity index (χ0) is 24.5. The second-order valence-electron chi connectivity index (χ2n) is 9.76. The Labute approximate surface area is 205 Å². The maximum atomic E-state index is 13.8. The number of aryl methyl sites for hydroxylation is 2. The van der Waals surface area contributed by atoms with E-state index in [1.807, 2.05) is 30.2 Å². The van der Waals surface area contributed by atoms with Gasteiger partial charge in [-0.1, -0.05) is 12.8 Å². The second kappa shape index (κ2) is 9.85. The fraction of sp³-hybridized carbons (Fsp3) is 0.600. The van der Waals surface area contributed by atoms with Crippen molar-refractivity contribution < 1.29 is 9.53 Å².